The second kappa shape index (κ2) is 17.5. The first-order valence-electron chi connectivity index (χ1n) is 20.4. The number of nitrogens with two attached hydrogens (primary N) is 2. The number of nitrogens with one attached hydrogen (secondary N) is 2. The first-order valence-corrected chi connectivity index (χ1v) is 21.2. The molecular formula is C44H54BrN7O8. The molecule has 320 valence electrons. The van der Waals surface area contributed by atoms with Crippen molar-refractivity contribution in [3.8, 4) is 0 Å². The van der Waals surface area contributed by atoms with Crippen LogP contribution in [0, 0.1) is 11.8 Å². The maximum absolute atomic E-state index is 13.9. The Bertz CT molecular complexity index is 1990. The lowest BCUT2D eigenvalue weighted by Gasteiger charge is -2.39. The summed E-state index contributed by atoms with van der Waals surface area (Å²) in [4.78, 5) is 83.0. The van der Waals surface area contributed by atoms with Gasteiger partial charge in [-0.25, -0.2) is 9.59 Å². The number of rotatable bonds is 13. The predicted octanol–water partition coefficient (Wildman–Crippen LogP) is 5.72. The zero-order valence-corrected chi connectivity index (χ0v) is 35.9. The van der Waals surface area contributed by atoms with Gasteiger partial charge >= 0.3 is 12.2 Å². The molecule has 6 atom stereocenters. The topological polar surface area (TPSA) is 229 Å². The summed E-state index contributed by atoms with van der Waals surface area (Å²) < 4.78 is 0.920. The summed E-state index contributed by atoms with van der Waals surface area (Å²) in [7, 11) is 0. The lowest BCUT2D eigenvalue weighted by molar-refractivity contribution is -0.146. The molecule has 0 unspecified atom stereocenters. The van der Waals surface area contributed by atoms with E-state index >= 15 is 0 Å². The van der Waals surface area contributed by atoms with E-state index in [1.165, 1.54) is 9.80 Å². The zero-order chi connectivity index (χ0) is 43.7. The Balaban J connectivity index is 1.32. The third-order valence-corrected chi connectivity index (χ3v) is 13.1. The van der Waals surface area contributed by atoms with Crippen LogP contribution in [-0.2, 0) is 30.3 Å². The van der Waals surface area contributed by atoms with Gasteiger partial charge < -0.3 is 47.0 Å². The van der Waals surface area contributed by atoms with E-state index in [1.54, 1.807) is 27.7 Å². The minimum absolute atomic E-state index is 0.101. The molecule has 0 aromatic heterocycles. The highest BCUT2D eigenvalue weighted by Crippen LogP contribution is 2.49. The van der Waals surface area contributed by atoms with Crippen molar-refractivity contribution in [1.82, 2.24) is 20.4 Å². The minimum Gasteiger partial charge on any atom is -0.465 e. The minimum atomic E-state index is -1.45. The molecule has 60 heavy (non-hydrogen) atoms. The number of carbonyl (C=O) groups is 6. The molecule has 15 nitrogen and oxygen atoms in total. The fourth-order valence-electron chi connectivity index (χ4n) is 9.66. The first-order chi connectivity index (χ1) is 28.4. The number of amides is 6. The van der Waals surface area contributed by atoms with Crippen LogP contribution >= 0.6 is 15.9 Å². The SMILES string of the molecule is CC(C)[C@H](NC(=O)O)C(=O)N1CCC[C@@]1(C(N)=O)c1ccc([C@@H]2CC[C@@H](c3ccc([C@]4(C(N)=O)CCCN4C(=O)[C@@H](NC(=O)O)C(C)C)cc3)N2c2ccc(Br)cc2)cc1. The number of hydrogen-bond acceptors (Lipinski definition) is 7. The molecule has 3 aliphatic rings. The summed E-state index contributed by atoms with van der Waals surface area (Å²) in [6.45, 7) is 7.47. The van der Waals surface area contributed by atoms with Crippen molar-refractivity contribution >= 4 is 57.4 Å². The summed E-state index contributed by atoms with van der Waals surface area (Å²) in [5, 5.41) is 23.6. The highest BCUT2D eigenvalue weighted by molar-refractivity contribution is 9.10. The molecule has 3 heterocycles. The van der Waals surface area contributed by atoms with Gasteiger partial charge in [0.25, 0.3) is 0 Å². The summed E-state index contributed by atoms with van der Waals surface area (Å²) in [5.41, 5.74) is 13.4. The molecule has 0 bridgehead atoms. The molecule has 0 aliphatic carbocycles. The van der Waals surface area contributed by atoms with Crippen molar-refractivity contribution in [2.45, 2.75) is 101 Å². The number of halogens is 1. The monoisotopic (exact) mass is 887 g/mol. The Labute approximate surface area is 358 Å². The maximum Gasteiger partial charge on any atom is 0.405 e. The number of benzene rings is 3. The average Bonchev–Trinajstić information content (AvgIpc) is 3.97. The lowest BCUT2D eigenvalue weighted by Crippen LogP contribution is -2.59. The van der Waals surface area contributed by atoms with Gasteiger partial charge in [-0.2, -0.15) is 0 Å². The number of nitrogens with zero attached hydrogens (tertiary/aromatic N) is 3. The molecule has 0 spiro atoms. The molecular weight excluding hydrogens is 834 g/mol. The molecule has 0 saturated carbocycles. The Kier molecular flexibility index (Phi) is 12.8. The van der Waals surface area contributed by atoms with Crippen LogP contribution < -0.4 is 27.0 Å². The van der Waals surface area contributed by atoms with E-state index in [1.807, 2.05) is 72.8 Å². The number of hydrogen-bond donors (Lipinski definition) is 6. The second-order valence-electron chi connectivity index (χ2n) is 16.7. The standard InChI is InChI=1S/C44H54BrN7O8/c1-25(2)35(48-41(57)58)37(53)50-23-5-21-43(50,39(46)55)29-11-7-27(8-12-29)33-19-20-34(52(33)32-17-15-31(45)16-18-32)28-9-13-30(14-10-28)44(40(47)56)22-6-24-51(44)38(54)36(26(3)4)49-42(59)60/h7-18,25-26,33-36,48-49H,5-6,19-24H2,1-4H3,(H2,46,55)(H2,47,56)(H,57,58)(H,59,60)/t33-,34-,35-,36-,43-,44-/m0/s1. The zero-order valence-electron chi connectivity index (χ0n) is 34.3. The van der Waals surface area contributed by atoms with Crippen LogP contribution in [0.3, 0.4) is 0 Å². The van der Waals surface area contributed by atoms with Gasteiger partial charge in [0.1, 0.15) is 23.2 Å². The smallest absolute Gasteiger partial charge is 0.405 e. The Morgan fingerprint density at radius 1 is 0.633 bits per heavy atom. The molecule has 3 aromatic rings. The fraction of sp³-hybridized carbons (Fsp3) is 0.455. The third-order valence-electron chi connectivity index (χ3n) is 12.6. The molecule has 16 heteroatoms. The number of likely N-dealkylation sites (tertiary alicyclic amines) is 2. The van der Waals surface area contributed by atoms with E-state index < -0.39 is 59.0 Å². The maximum atomic E-state index is 13.9. The molecule has 3 saturated heterocycles. The van der Waals surface area contributed by atoms with Gasteiger partial charge in [0, 0.05) is 23.2 Å². The van der Waals surface area contributed by atoms with E-state index in [0.717, 1.165) is 34.1 Å². The van der Waals surface area contributed by atoms with E-state index in [-0.39, 0.29) is 37.0 Å². The first kappa shape index (κ1) is 43.9. The van der Waals surface area contributed by atoms with Gasteiger partial charge in [0.05, 0.1) is 12.1 Å². The van der Waals surface area contributed by atoms with Crippen LogP contribution in [0.5, 0.6) is 0 Å². The van der Waals surface area contributed by atoms with E-state index in [4.69, 9.17) is 11.5 Å². The van der Waals surface area contributed by atoms with Gasteiger partial charge in [-0.15, -0.1) is 0 Å². The van der Waals surface area contributed by atoms with Crippen LogP contribution in [-0.4, -0.2) is 81.0 Å². The van der Waals surface area contributed by atoms with Gasteiger partial charge in [-0.05, 0) is 96.9 Å². The summed E-state index contributed by atoms with van der Waals surface area (Å²) in [5.74, 6) is -3.09. The molecule has 3 aromatic carbocycles. The number of anilines is 1. The highest BCUT2D eigenvalue weighted by Gasteiger charge is 2.53. The Hall–Kier alpha value is -5.64. The molecule has 6 rings (SSSR count). The van der Waals surface area contributed by atoms with Crippen molar-refractivity contribution in [3.05, 3.63) is 99.5 Å². The van der Waals surface area contributed by atoms with E-state index in [9.17, 15) is 39.0 Å². The normalized spacial score (nSPS) is 23.8. The molecule has 8 N–H and O–H groups in total. The van der Waals surface area contributed by atoms with Gasteiger partial charge in [0.15, 0.2) is 0 Å². The average molecular weight is 889 g/mol. The fourth-order valence-corrected chi connectivity index (χ4v) is 9.93. The summed E-state index contributed by atoms with van der Waals surface area (Å²) in [6, 6.07) is 21.0. The lowest BCUT2D eigenvalue weighted by atomic mass is 9.84. The quantitative estimate of drug-likeness (QED) is 0.123. The van der Waals surface area contributed by atoms with Crippen molar-refractivity contribution < 1.29 is 39.0 Å². The van der Waals surface area contributed by atoms with Crippen LogP contribution in [0.25, 0.3) is 0 Å². The van der Waals surface area contributed by atoms with Gasteiger partial charge in [0.2, 0.25) is 23.6 Å². The molecule has 3 fully saturated rings. The van der Waals surface area contributed by atoms with Crippen molar-refractivity contribution in [2.24, 2.45) is 23.3 Å². The van der Waals surface area contributed by atoms with Gasteiger partial charge in [-0.1, -0.05) is 92.2 Å². The van der Waals surface area contributed by atoms with Crippen LogP contribution in [0.15, 0.2) is 77.3 Å². The Morgan fingerprint density at radius 3 is 1.32 bits per heavy atom. The highest BCUT2D eigenvalue weighted by atomic mass is 79.9. The van der Waals surface area contributed by atoms with Crippen molar-refractivity contribution in [3.63, 3.8) is 0 Å². The van der Waals surface area contributed by atoms with Gasteiger partial charge in [-0.3, -0.25) is 19.2 Å². The summed E-state index contributed by atoms with van der Waals surface area (Å²) in [6.07, 6.45) is 0.525. The number of carboxylic acid groups (broad SMARTS) is 2. The van der Waals surface area contributed by atoms with Crippen LogP contribution in [0.4, 0.5) is 15.3 Å². The number of carbonyl (C=O) groups excluding carboxylic acids is 4. The third kappa shape index (κ3) is 8.00. The summed E-state index contributed by atoms with van der Waals surface area (Å²) >= 11 is 3.56. The predicted molar refractivity (Wildman–Crippen MR) is 227 cm³/mol. The largest absolute Gasteiger partial charge is 0.465 e. The number of primary amides is 2. The molecule has 3 aliphatic heterocycles. The van der Waals surface area contributed by atoms with Crippen molar-refractivity contribution in [2.75, 3.05) is 18.0 Å². The molecule has 6 amide bonds. The Morgan fingerprint density at radius 2 is 1.00 bits per heavy atom. The van der Waals surface area contributed by atoms with E-state index in [0.29, 0.717) is 36.8 Å². The van der Waals surface area contributed by atoms with Crippen LogP contribution in [0.2, 0.25) is 0 Å². The second-order valence-corrected chi connectivity index (χ2v) is 17.6. The van der Waals surface area contributed by atoms with Crippen molar-refractivity contribution in [1.29, 1.82) is 0 Å². The van der Waals surface area contributed by atoms with E-state index in [2.05, 4.69) is 31.5 Å². The van der Waals surface area contributed by atoms with Crippen LogP contribution in [0.1, 0.15) is 101 Å². The molecule has 0 radical (unpaired) electrons.